The predicted molar refractivity (Wildman–Crippen MR) is 236 cm³/mol. The molecule has 0 spiro atoms. The molecule has 7 nitrogen and oxygen atoms in total. The number of hydrogen-bond donors (Lipinski definition) is 2. The van der Waals surface area contributed by atoms with Crippen LogP contribution in [0.3, 0.4) is 0 Å². The van der Waals surface area contributed by atoms with E-state index in [0.717, 1.165) is 88.5 Å². The lowest BCUT2D eigenvalue weighted by molar-refractivity contribution is -0.753. The van der Waals surface area contributed by atoms with E-state index in [4.69, 9.17) is 9.97 Å². The number of rotatable bonds is 8. The fourth-order valence-corrected chi connectivity index (χ4v) is 8.84. The van der Waals surface area contributed by atoms with E-state index < -0.39 is 0 Å². The lowest BCUT2D eigenvalue weighted by atomic mass is 9.89. The minimum Gasteiger partial charge on any atom is -0.355 e. The van der Waals surface area contributed by atoms with E-state index in [1.165, 1.54) is 17.0 Å². The summed E-state index contributed by atoms with van der Waals surface area (Å²) < 4.78 is 5.04. The molecule has 5 aromatic heterocycles. The first-order valence-corrected chi connectivity index (χ1v) is 20.5. The minimum absolute atomic E-state index is 0.362. The van der Waals surface area contributed by atoms with Gasteiger partial charge in [0.2, 0.25) is 5.69 Å². The summed E-state index contributed by atoms with van der Waals surface area (Å²) in [6.45, 7) is 0. The number of benzene rings is 2. The van der Waals surface area contributed by atoms with Crippen molar-refractivity contribution in [2.24, 2.45) is 0 Å². The van der Waals surface area contributed by atoms with Gasteiger partial charge >= 0.3 is 0 Å². The van der Waals surface area contributed by atoms with Gasteiger partial charge in [0.1, 0.15) is 0 Å². The van der Waals surface area contributed by atoms with E-state index in [9.17, 15) is 4.79 Å². The van der Waals surface area contributed by atoms with Crippen LogP contribution in [0, 0.1) is 0 Å². The Kier molecular flexibility index (Phi) is 9.76. The molecular weight excluding hydrogens is 725 g/mol. The van der Waals surface area contributed by atoms with Crippen molar-refractivity contribution in [2.45, 2.75) is 44.2 Å². The molecule has 1 aliphatic carbocycles. The number of H-pyrrole nitrogens is 2. The molecule has 0 unspecified atom stereocenters. The van der Waals surface area contributed by atoms with Crippen LogP contribution in [0.2, 0.25) is 0 Å². The highest BCUT2D eigenvalue weighted by atomic mass is 16.1. The van der Waals surface area contributed by atoms with E-state index >= 15 is 0 Å². The molecule has 7 heterocycles. The molecular formula is C52H44N6O+2. The molecule has 286 valence electrons. The molecule has 1 saturated carbocycles. The Morgan fingerprint density at radius 1 is 0.627 bits per heavy atom. The van der Waals surface area contributed by atoms with E-state index in [1.54, 1.807) is 0 Å². The fourth-order valence-electron chi connectivity index (χ4n) is 8.84. The Bertz CT molecular complexity index is 2950. The molecule has 2 N–H and O–H groups in total. The number of aromatic nitrogens is 6. The molecule has 1 fully saturated rings. The maximum absolute atomic E-state index is 12.1. The summed E-state index contributed by atoms with van der Waals surface area (Å²) in [6.07, 6.45) is 19.0. The van der Waals surface area contributed by atoms with E-state index in [-0.39, 0.29) is 0 Å². The van der Waals surface area contributed by atoms with Gasteiger partial charge in [-0.05, 0) is 84.0 Å². The average Bonchev–Trinajstić information content (AvgIpc) is 4.09. The molecule has 3 aliphatic rings. The number of hydrogen-bond acceptors (Lipinski definition) is 3. The normalized spacial score (nSPS) is 16.5. The SMILES string of the molecule is O=CC1=Cc2cc3cc(/C=C(\c4ccccc4)c4cccc[n+]4C4CCC([n+]5ccccc5Cc5ccccc5)CC4)c(cc4nc(cc5ccc(cc1n2)[nH]5)C=C4)[nH]3. The Balaban J connectivity index is 1.05. The molecule has 0 amide bonds. The minimum atomic E-state index is 0.362. The van der Waals surface area contributed by atoms with Crippen molar-refractivity contribution < 1.29 is 13.9 Å². The number of allylic oxidation sites excluding steroid dienone is 1. The van der Waals surface area contributed by atoms with Gasteiger partial charge in [-0.2, -0.15) is 9.13 Å². The van der Waals surface area contributed by atoms with Crippen LogP contribution < -0.4 is 9.13 Å². The van der Waals surface area contributed by atoms with Gasteiger partial charge in [-0.3, -0.25) is 4.79 Å². The second-order valence-corrected chi connectivity index (χ2v) is 15.6. The zero-order valence-corrected chi connectivity index (χ0v) is 32.7. The first-order chi connectivity index (χ1) is 29.1. The van der Waals surface area contributed by atoms with Crippen LogP contribution in [0.15, 0.2) is 152 Å². The van der Waals surface area contributed by atoms with Crippen molar-refractivity contribution in [3.8, 4) is 0 Å². The van der Waals surface area contributed by atoms with Crippen molar-refractivity contribution in [1.29, 1.82) is 0 Å². The third kappa shape index (κ3) is 7.75. The van der Waals surface area contributed by atoms with Crippen molar-refractivity contribution >= 4 is 63.8 Å². The third-order valence-corrected chi connectivity index (χ3v) is 11.7. The highest BCUT2D eigenvalue weighted by molar-refractivity contribution is 6.14. The topological polar surface area (TPSA) is 82.2 Å². The van der Waals surface area contributed by atoms with Crippen molar-refractivity contribution in [3.05, 3.63) is 203 Å². The summed E-state index contributed by atoms with van der Waals surface area (Å²) in [7, 11) is 0. The zero-order chi connectivity index (χ0) is 39.5. The Morgan fingerprint density at radius 2 is 1.29 bits per heavy atom. The lowest BCUT2D eigenvalue weighted by Crippen LogP contribution is -2.49. The predicted octanol–water partition coefficient (Wildman–Crippen LogP) is 10.3. The fraction of sp³-hybridized carbons (Fsp3) is 0.135. The van der Waals surface area contributed by atoms with Gasteiger partial charge in [-0.1, -0.05) is 66.7 Å². The quantitative estimate of drug-likeness (QED) is 0.119. The third-order valence-electron chi connectivity index (χ3n) is 11.7. The number of nitrogens with zero attached hydrogens (tertiary/aromatic N) is 4. The largest absolute Gasteiger partial charge is 0.355 e. The van der Waals surface area contributed by atoms with Gasteiger partial charge in [-0.15, -0.1) is 0 Å². The molecule has 0 saturated heterocycles. The molecule has 2 aliphatic heterocycles. The number of carbonyl (C=O) groups is 1. The molecule has 2 aromatic carbocycles. The van der Waals surface area contributed by atoms with E-state index in [2.05, 4.69) is 153 Å². The molecule has 0 radical (unpaired) electrons. The summed E-state index contributed by atoms with van der Waals surface area (Å²) in [6, 6.07) is 49.7. The monoisotopic (exact) mass is 768 g/mol. The standard InChI is InChI=1S/C52H43N6O/c59-35-39-29-45-32-44-28-38(50(55-44)33-42-19-17-40(53-42)31-41-18-20-43(54-41)34-51(39)56-45)30-49(37-13-5-2-6-14-37)52-16-8-10-26-58(52)47-23-21-46(22-24-47)57-25-9-7-15-48(57)27-36-11-3-1-4-12-36/h1-20,25-26,28-35,46-47H,21-24,27H2,(H,53,54,55,56)/q+1/p+1. The zero-order valence-electron chi connectivity index (χ0n) is 32.7. The van der Waals surface area contributed by atoms with Gasteiger partial charge in [-0.25, -0.2) is 9.97 Å². The van der Waals surface area contributed by atoms with Gasteiger partial charge in [0.05, 0.1) is 34.8 Å². The number of fused-ring (bicyclic) bond motifs is 8. The van der Waals surface area contributed by atoms with Gasteiger partial charge in [0, 0.05) is 83.2 Å². The van der Waals surface area contributed by atoms with Crippen LogP contribution in [0.25, 0.3) is 57.5 Å². The van der Waals surface area contributed by atoms with Crippen molar-refractivity contribution in [2.75, 3.05) is 0 Å². The lowest BCUT2D eigenvalue weighted by Gasteiger charge is -2.24. The first kappa shape index (κ1) is 36.1. The van der Waals surface area contributed by atoms with E-state index in [0.29, 0.717) is 29.0 Å². The van der Waals surface area contributed by atoms with Crippen molar-refractivity contribution in [3.63, 3.8) is 0 Å². The van der Waals surface area contributed by atoms with Gasteiger partial charge in [0.25, 0.3) is 0 Å². The average molecular weight is 769 g/mol. The summed E-state index contributed by atoms with van der Waals surface area (Å²) in [4.78, 5) is 29.0. The first-order valence-electron chi connectivity index (χ1n) is 20.5. The highest BCUT2D eigenvalue weighted by Gasteiger charge is 2.35. The summed E-state index contributed by atoms with van der Waals surface area (Å²) in [5.74, 6) is 0. The maximum atomic E-state index is 12.1. The molecule has 7 heteroatoms. The number of aldehydes is 1. The smallest absolute Gasteiger partial charge is 0.213 e. The molecule has 8 bridgehead atoms. The number of carbonyl (C=O) groups excluding carboxylic acids is 1. The summed E-state index contributed by atoms with van der Waals surface area (Å²) in [5, 5.41) is 0. The Morgan fingerprint density at radius 3 is 2.07 bits per heavy atom. The van der Waals surface area contributed by atoms with Crippen LogP contribution in [0.5, 0.6) is 0 Å². The Labute approximate surface area is 343 Å². The second kappa shape index (κ2) is 15.9. The van der Waals surface area contributed by atoms with Crippen LogP contribution in [-0.2, 0) is 11.2 Å². The van der Waals surface area contributed by atoms with Crippen LogP contribution in [0.1, 0.15) is 88.6 Å². The number of nitrogens with one attached hydrogen (secondary N) is 2. The molecule has 7 aromatic rings. The number of pyridine rings is 2. The van der Waals surface area contributed by atoms with Crippen LogP contribution in [0.4, 0.5) is 0 Å². The molecule has 59 heavy (non-hydrogen) atoms. The van der Waals surface area contributed by atoms with Gasteiger partial charge in [0.15, 0.2) is 36.5 Å². The molecule has 10 rings (SSSR count). The van der Waals surface area contributed by atoms with Crippen LogP contribution >= 0.6 is 0 Å². The second-order valence-electron chi connectivity index (χ2n) is 15.6. The summed E-state index contributed by atoms with van der Waals surface area (Å²) >= 11 is 0. The van der Waals surface area contributed by atoms with Crippen molar-refractivity contribution in [1.82, 2.24) is 19.9 Å². The highest BCUT2D eigenvalue weighted by Crippen LogP contribution is 2.33. The Hall–Kier alpha value is -7.25. The number of aromatic amines is 2. The molecule has 0 atom stereocenters. The van der Waals surface area contributed by atoms with Gasteiger partial charge < -0.3 is 9.97 Å². The maximum Gasteiger partial charge on any atom is 0.213 e. The van der Waals surface area contributed by atoms with E-state index in [1.807, 2.05) is 42.5 Å². The van der Waals surface area contributed by atoms with Crippen LogP contribution in [-0.4, -0.2) is 26.2 Å². The summed E-state index contributed by atoms with van der Waals surface area (Å²) in [5.41, 5.74) is 14.4.